The zero-order valence-electron chi connectivity index (χ0n) is 10.4. The van der Waals surface area contributed by atoms with E-state index >= 15 is 0 Å². The highest BCUT2D eigenvalue weighted by atomic mass is 32.2. The van der Waals surface area contributed by atoms with Gasteiger partial charge in [-0.15, -0.1) is 0 Å². The molecule has 0 spiro atoms. The Morgan fingerprint density at radius 1 is 1.33 bits per heavy atom. The van der Waals surface area contributed by atoms with Crippen LogP contribution in [0.1, 0.15) is 41.6 Å². The average Bonchev–Trinajstić information content (AvgIpc) is 2.79. The van der Waals surface area contributed by atoms with Gasteiger partial charge in [0.25, 0.3) is 0 Å². The van der Waals surface area contributed by atoms with Gasteiger partial charge in [0.1, 0.15) is 22.0 Å². The van der Waals surface area contributed by atoms with Crippen molar-refractivity contribution < 1.29 is 22.7 Å². The largest absolute Gasteiger partial charge is 0.478 e. The summed E-state index contributed by atoms with van der Waals surface area (Å²) in [4.78, 5) is 10.9. The fourth-order valence-corrected chi connectivity index (χ4v) is 3.77. The van der Waals surface area contributed by atoms with Crippen molar-refractivity contribution in [1.82, 2.24) is 4.72 Å². The van der Waals surface area contributed by atoms with Crippen LogP contribution in [0.5, 0.6) is 0 Å². The molecule has 1 aromatic rings. The van der Waals surface area contributed by atoms with Crippen LogP contribution in [0.3, 0.4) is 0 Å². The molecule has 1 fully saturated rings. The number of furan rings is 1. The van der Waals surface area contributed by atoms with Crippen molar-refractivity contribution in [1.29, 1.82) is 0 Å². The molecule has 18 heavy (non-hydrogen) atoms. The molecule has 7 heteroatoms. The van der Waals surface area contributed by atoms with E-state index < -0.39 is 21.5 Å². The number of hydrogen-bond donors (Lipinski definition) is 2. The summed E-state index contributed by atoms with van der Waals surface area (Å²) >= 11 is 0. The average molecular weight is 273 g/mol. The minimum absolute atomic E-state index is 0.0984. The van der Waals surface area contributed by atoms with E-state index in [0.717, 1.165) is 12.8 Å². The van der Waals surface area contributed by atoms with Gasteiger partial charge in [0.05, 0.1) is 0 Å². The van der Waals surface area contributed by atoms with Crippen molar-refractivity contribution in [2.45, 2.75) is 44.0 Å². The first kappa shape index (κ1) is 13.1. The minimum atomic E-state index is -3.87. The molecular formula is C11H15NO5S. The van der Waals surface area contributed by atoms with Crippen LogP contribution in [0.4, 0.5) is 0 Å². The Morgan fingerprint density at radius 3 is 2.33 bits per heavy atom. The number of aromatic carboxylic acids is 1. The molecule has 0 amide bonds. The molecular weight excluding hydrogens is 258 g/mol. The van der Waals surface area contributed by atoms with Crippen LogP contribution < -0.4 is 4.72 Å². The van der Waals surface area contributed by atoms with Crippen LogP contribution in [-0.4, -0.2) is 25.0 Å². The summed E-state index contributed by atoms with van der Waals surface area (Å²) in [5.41, 5.74) is -0.740. The molecule has 0 radical (unpaired) electrons. The highest BCUT2D eigenvalue weighted by molar-refractivity contribution is 7.89. The minimum Gasteiger partial charge on any atom is -0.478 e. The van der Waals surface area contributed by atoms with Crippen molar-refractivity contribution in [2.24, 2.45) is 0 Å². The van der Waals surface area contributed by atoms with E-state index in [0.29, 0.717) is 0 Å². The number of carbonyl (C=O) groups is 1. The summed E-state index contributed by atoms with van der Waals surface area (Å²) in [5.74, 6) is -1.10. The summed E-state index contributed by atoms with van der Waals surface area (Å²) in [5, 5.41) is 9.08. The molecule has 6 nitrogen and oxygen atoms in total. The Hall–Kier alpha value is -1.34. The number of sulfonamides is 1. The summed E-state index contributed by atoms with van der Waals surface area (Å²) in [6.45, 7) is 4.67. The van der Waals surface area contributed by atoms with Crippen LogP contribution in [-0.2, 0) is 10.0 Å². The lowest BCUT2D eigenvalue weighted by Gasteiger charge is -2.12. The van der Waals surface area contributed by atoms with E-state index in [1.165, 1.54) is 13.8 Å². The highest BCUT2D eigenvalue weighted by Crippen LogP contribution is 2.37. The summed E-state index contributed by atoms with van der Waals surface area (Å²) in [6, 6.07) is 0. The lowest BCUT2D eigenvalue weighted by Crippen LogP contribution is -2.35. The molecule has 1 aromatic heterocycles. The van der Waals surface area contributed by atoms with Gasteiger partial charge in [-0.25, -0.2) is 17.9 Å². The SMILES string of the molecule is Cc1oc(C)c(S(=O)(=O)NC2(C)CC2)c1C(=O)O. The maximum absolute atomic E-state index is 12.2. The van der Waals surface area contributed by atoms with Crippen molar-refractivity contribution in [2.75, 3.05) is 0 Å². The van der Waals surface area contributed by atoms with Gasteiger partial charge in [0, 0.05) is 5.54 Å². The van der Waals surface area contributed by atoms with Crippen molar-refractivity contribution in [3.63, 3.8) is 0 Å². The van der Waals surface area contributed by atoms with E-state index in [1.807, 2.05) is 0 Å². The molecule has 0 saturated heterocycles. The first-order valence-electron chi connectivity index (χ1n) is 5.53. The highest BCUT2D eigenvalue weighted by Gasteiger charge is 2.43. The van der Waals surface area contributed by atoms with E-state index in [-0.39, 0.29) is 22.0 Å². The number of carboxylic acid groups (broad SMARTS) is 1. The molecule has 1 aliphatic carbocycles. The quantitative estimate of drug-likeness (QED) is 0.864. The van der Waals surface area contributed by atoms with Crippen molar-refractivity contribution in [3.8, 4) is 0 Å². The molecule has 0 aromatic carbocycles. The van der Waals surface area contributed by atoms with Gasteiger partial charge < -0.3 is 9.52 Å². The maximum atomic E-state index is 12.2. The molecule has 0 unspecified atom stereocenters. The number of hydrogen-bond acceptors (Lipinski definition) is 4. The lowest BCUT2D eigenvalue weighted by molar-refractivity contribution is 0.0691. The standard InChI is InChI=1S/C11H15NO5S/c1-6-8(10(13)14)9(7(2)17-6)18(15,16)12-11(3)4-5-11/h12H,4-5H2,1-3H3,(H,13,14). The third-order valence-electron chi connectivity index (χ3n) is 3.07. The summed E-state index contributed by atoms with van der Waals surface area (Å²) in [7, 11) is -3.87. The third-order valence-corrected chi connectivity index (χ3v) is 4.86. The van der Waals surface area contributed by atoms with E-state index in [1.54, 1.807) is 6.92 Å². The molecule has 0 atom stereocenters. The zero-order valence-corrected chi connectivity index (χ0v) is 11.2. The summed E-state index contributed by atoms with van der Waals surface area (Å²) < 4.78 is 32.1. The Kier molecular flexibility index (Phi) is 2.78. The van der Waals surface area contributed by atoms with Crippen molar-refractivity contribution >= 4 is 16.0 Å². The Balaban J connectivity index is 2.53. The molecule has 0 bridgehead atoms. The van der Waals surface area contributed by atoms with E-state index in [9.17, 15) is 13.2 Å². The molecule has 100 valence electrons. The second kappa shape index (κ2) is 3.83. The van der Waals surface area contributed by atoms with Crippen LogP contribution in [0, 0.1) is 13.8 Å². The second-order valence-electron chi connectivity index (χ2n) is 4.89. The van der Waals surface area contributed by atoms with Gasteiger partial charge in [-0.1, -0.05) is 0 Å². The van der Waals surface area contributed by atoms with Gasteiger partial charge in [0.15, 0.2) is 0 Å². The smallest absolute Gasteiger partial charge is 0.340 e. The molecule has 1 saturated carbocycles. The first-order chi connectivity index (χ1) is 8.16. The van der Waals surface area contributed by atoms with Gasteiger partial charge in [-0.3, -0.25) is 0 Å². The number of rotatable bonds is 4. The lowest BCUT2D eigenvalue weighted by atomic mass is 10.2. The predicted octanol–water partition coefficient (Wildman–Crippen LogP) is 1.43. The number of carboxylic acids is 1. The van der Waals surface area contributed by atoms with Gasteiger partial charge in [0.2, 0.25) is 10.0 Å². The van der Waals surface area contributed by atoms with Gasteiger partial charge >= 0.3 is 5.97 Å². The van der Waals surface area contributed by atoms with Crippen LogP contribution in [0.25, 0.3) is 0 Å². The van der Waals surface area contributed by atoms with E-state index in [4.69, 9.17) is 9.52 Å². The van der Waals surface area contributed by atoms with Crippen LogP contribution in [0.2, 0.25) is 0 Å². The van der Waals surface area contributed by atoms with Crippen LogP contribution >= 0.6 is 0 Å². The Labute approximate surface area is 105 Å². The van der Waals surface area contributed by atoms with Gasteiger partial charge in [-0.05, 0) is 33.6 Å². The molecule has 2 rings (SSSR count). The summed E-state index contributed by atoms with van der Waals surface area (Å²) in [6.07, 6.45) is 1.51. The Morgan fingerprint density at radius 2 is 1.89 bits per heavy atom. The fourth-order valence-electron chi connectivity index (χ4n) is 1.90. The molecule has 2 N–H and O–H groups in total. The van der Waals surface area contributed by atoms with Crippen LogP contribution in [0.15, 0.2) is 9.31 Å². The topological polar surface area (TPSA) is 96.6 Å². The predicted molar refractivity (Wildman–Crippen MR) is 63.1 cm³/mol. The van der Waals surface area contributed by atoms with Gasteiger partial charge in [-0.2, -0.15) is 0 Å². The zero-order chi connectivity index (χ0) is 13.7. The number of aryl methyl sites for hydroxylation is 2. The Bertz CT molecular complexity index is 610. The maximum Gasteiger partial charge on any atom is 0.340 e. The third kappa shape index (κ3) is 2.15. The second-order valence-corrected chi connectivity index (χ2v) is 6.51. The molecule has 1 heterocycles. The fraction of sp³-hybridized carbons (Fsp3) is 0.545. The molecule has 0 aliphatic heterocycles. The van der Waals surface area contributed by atoms with E-state index in [2.05, 4.69) is 4.72 Å². The van der Waals surface area contributed by atoms with Crippen molar-refractivity contribution in [3.05, 3.63) is 17.1 Å². The monoisotopic (exact) mass is 273 g/mol. The first-order valence-corrected chi connectivity index (χ1v) is 7.02. The normalized spacial score (nSPS) is 17.7. The number of nitrogens with one attached hydrogen (secondary N) is 1. The molecule has 1 aliphatic rings.